The quantitative estimate of drug-likeness (QED) is 0.312. The summed E-state index contributed by atoms with van der Waals surface area (Å²) in [6.07, 6.45) is 7.48. The van der Waals surface area contributed by atoms with E-state index in [-0.39, 0.29) is 6.17 Å². The van der Waals surface area contributed by atoms with Crippen molar-refractivity contribution in [1.82, 2.24) is 10.9 Å². The maximum absolute atomic E-state index is 5.23. The van der Waals surface area contributed by atoms with Crippen molar-refractivity contribution in [3.8, 4) is 0 Å². The van der Waals surface area contributed by atoms with Crippen LogP contribution in [-0.2, 0) is 0 Å². The van der Waals surface area contributed by atoms with Crippen LogP contribution in [0, 0.1) is 45.3 Å². The largest absolute Gasteiger partial charge is 0.315 e. The van der Waals surface area contributed by atoms with Gasteiger partial charge in [-0.05, 0) is 78.6 Å². The first-order valence-electron chi connectivity index (χ1n) is 13.0. The first-order chi connectivity index (χ1) is 13.8. The topological polar surface area (TPSA) is 50.1 Å². The van der Waals surface area contributed by atoms with Crippen molar-refractivity contribution in [1.29, 1.82) is 0 Å². The molecule has 2 aliphatic rings. The smallest absolute Gasteiger partial charge is 0.0650 e. The van der Waals surface area contributed by atoms with Gasteiger partial charge in [-0.3, -0.25) is 5.43 Å². The summed E-state index contributed by atoms with van der Waals surface area (Å²) in [5.74, 6) is 3.59. The highest BCUT2D eigenvalue weighted by atomic mass is 15.4. The van der Waals surface area contributed by atoms with E-state index in [9.17, 15) is 0 Å². The Balaban J connectivity index is 0.000000467. The SMILES string of the molecule is CC(C)C(C(C)(C)C)C(C)(C)C.CC1CCC(C2(C)CC2(C)C)CC1.CNNC(C)N. The molecule has 0 aromatic heterocycles. The van der Waals surface area contributed by atoms with Crippen LogP contribution in [0.4, 0.5) is 0 Å². The van der Waals surface area contributed by atoms with E-state index in [1.54, 1.807) is 7.05 Å². The number of hydrazine groups is 1. The molecule has 2 unspecified atom stereocenters. The van der Waals surface area contributed by atoms with Gasteiger partial charge in [0.15, 0.2) is 0 Å². The molecule has 0 aromatic rings. The van der Waals surface area contributed by atoms with Crippen LogP contribution in [0.25, 0.3) is 0 Å². The minimum atomic E-state index is 0.0370. The molecule has 2 rings (SSSR count). The van der Waals surface area contributed by atoms with Gasteiger partial charge in [-0.25, -0.2) is 5.43 Å². The highest BCUT2D eigenvalue weighted by molar-refractivity contribution is 5.10. The fraction of sp³-hybridized carbons (Fsp3) is 1.00. The molecule has 31 heavy (non-hydrogen) atoms. The molecule has 2 fully saturated rings. The molecule has 4 N–H and O–H groups in total. The maximum atomic E-state index is 5.23. The van der Waals surface area contributed by atoms with Crippen molar-refractivity contribution in [3.63, 3.8) is 0 Å². The lowest BCUT2D eigenvalue weighted by Crippen LogP contribution is -2.41. The fourth-order valence-electron chi connectivity index (χ4n) is 6.99. The molecule has 2 aliphatic carbocycles. The summed E-state index contributed by atoms with van der Waals surface area (Å²) in [5.41, 5.74) is 12.9. The highest BCUT2D eigenvalue weighted by Crippen LogP contribution is 2.69. The Bertz CT molecular complexity index is 473. The summed E-state index contributed by atoms with van der Waals surface area (Å²) in [7, 11) is 1.78. The number of nitrogens with one attached hydrogen (secondary N) is 2. The summed E-state index contributed by atoms with van der Waals surface area (Å²) < 4.78 is 0. The Morgan fingerprint density at radius 3 is 1.39 bits per heavy atom. The van der Waals surface area contributed by atoms with Gasteiger partial charge >= 0.3 is 0 Å². The highest BCUT2D eigenvalue weighted by Gasteiger charge is 2.60. The Morgan fingerprint density at radius 2 is 1.23 bits per heavy atom. The molecule has 0 amide bonds. The van der Waals surface area contributed by atoms with E-state index < -0.39 is 0 Å². The Hall–Kier alpha value is -0.120. The third-order valence-corrected chi connectivity index (χ3v) is 8.05. The summed E-state index contributed by atoms with van der Waals surface area (Å²) in [6.45, 7) is 30.5. The lowest BCUT2D eigenvalue weighted by atomic mass is 9.62. The molecule has 3 heteroatoms. The maximum Gasteiger partial charge on any atom is 0.0650 e. The van der Waals surface area contributed by atoms with Gasteiger partial charge in [-0.1, -0.05) is 95.9 Å². The molecule has 0 aliphatic heterocycles. The van der Waals surface area contributed by atoms with Gasteiger partial charge in [-0.15, -0.1) is 0 Å². The third-order valence-electron chi connectivity index (χ3n) is 8.05. The Kier molecular flexibility index (Phi) is 11.8. The Morgan fingerprint density at radius 1 is 0.839 bits per heavy atom. The van der Waals surface area contributed by atoms with Gasteiger partial charge in [-0.2, -0.15) is 0 Å². The van der Waals surface area contributed by atoms with Crippen LogP contribution in [0.1, 0.15) is 122 Å². The van der Waals surface area contributed by atoms with E-state index in [2.05, 4.69) is 93.9 Å². The second-order valence-corrected chi connectivity index (χ2v) is 14.1. The molecule has 0 heterocycles. The van der Waals surface area contributed by atoms with Gasteiger partial charge in [0, 0.05) is 0 Å². The molecule has 0 spiro atoms. The van der Waals surface area contributed by atoms with Gasteiger partial charge < -0.3 is 5.73 Å². The van der Waals surface area contributed by atoms with Crippen LogP contribution >= 0.6 is 0 Å². The summed E-state index contributed by atoms with van der Waals surface area (Å²) in [6, 6.07) is 0. The molecule has 2 saturated carbocycles. The molecule has 0 radical (unpaired) electrons. The van der Waals surface area contributed by atoms with Crippen molar-refractivity contribution in [2.45, 2.75) is 128 Å². The van der Waals surface area contributed by atoms with Gasteiger partial charge in [0.1, 0.15) is 0 Å². The van der Waals surface area contributed by atoms with E-state index in [0.29, 0.717) is 21.7 Å². The molecular formula is C28H61N3. The average molecular weight is 440 g/mol. The molecular weight excluding hydrogens is 378 g/mol. The van der Waals surface area contributed by atoms with Gasteiger partial charge in [0.05, 0.1) is 6.17 Å². The van der Waals surface area contributed by atoms with E-state index >= 15 is 0 Å². The van der Waals surface area contributed by atoms with Crippen LogP contribution in [0.15, 0.2) is 0 Å². The standard InChI is InChI=1S/C13H24.C12H26.C3H11N3/c1-10-5-7-11(8-6-10)13(4)9-12(13,2)3;1-9(2)10(11(3,4)5)12(6,7)8;1-3(4)6-5-2/h10-11H,5-9H2,1-4H3;9-10H,1-8H3;3,5-6H,4H2,1-2H3. The molecule has 2 atom stereocenters. The van der Waals surface area contributed by atoms with E-state index in [0.717, 1.165) is 23.7 Å². The van der Waals surface area contributed by atoms with Crippen molar-refractivity contribution >= 4 is 0 Å². The monoisotopic (exact) mass is 439 g/mol. The predicted molar refractivity (Wildman–Crippen MR) is 141 cm³/mol. The third kappa shape index (κ3) is 10.1. The second kappa shape index (κ2) is 11.8. The first-order valence-corrected chi connectivity index (χ1v) is 13.0. The van der Waals surface area contributed by atoms with Crippen LogP contribution in [0.3, 0.4) is 0 Å². The van der Waals surface area contributed by atoms with Crippen LogP contribution in [-0.4, -0.2) is 13.2 Å². The molecule has 188 valence electrons. The Labute approximate surface area is 197 Å². The normalized spacial score (nSPS) is 28.9. The molecule has 3 nitrogen and oxygen atoms in total. The summed E-state index contributed by atoms with van der Waals surface area (Å²) in [5, 5.41) is 0. The lowest BCUT2D eigenvalue weighted by Gasteiger charge is -2.43. The molecule has 0 bridgehead atoms. The zero-order chi connectivity index (χ0) is 24.8. The van der Waals surface area contributed by atoms with E-state index in [1.165, 1.54) is 32.1 Å². The first kappa shape index (κ1) is 30.9. The van der Waals surface area contributed by atoms with Gasteiger partial charge in [0.2, 0.25) is 0 Å². The number of hydrogen-bond acceptors (Lipinski definition) is 3. The van der Waals surface area contributed by atoms with E-state index in [4.69, 9.17) is 5.73 Å². The molecule has 0 aromatic carbocycles. The zero-order valence-corrected chi connectivity index (χ0v) is 24.0. The van der Waals surface area contributed by atoms with Crippen LogP contribution in [0.5, 0.6) is 0 Å². The van der Waals surface area contributed by atoms with Crippen molar-refractivity contribution in [3.05, 3.63) is 0 Å². The second-order valence-electron chi connectivity index (χ2n) is 14.1. The summed E-state index contributed by atoms with van der Waals surface area (Å²) >= 11 is 0. The average Bonchev–Trinajstić information content (AvgIpc) is 3.04. The van der Waals surface area contributed by atoms with Crippen LogP contribution < -0.4 is 16.6 Å². The fourth-order valence-corrected chi connectivity index (χ4v) is 6.99. The van der Waals surface area contributed by atoms with Gasteiger partial charge in [0.25, 0.3) is 0 Å². The molecule has 0 saturated heterocycles. The number of rotatable bonds is 4. The summed E-state index contributed by atoms with van der Waals surface area (Å²) in [4.78, 5) is 0. The van der Waals surface area contributed by atoms with E-state index in [1.807, 2.05) is 6.92 Å². The van der Waals surface area contributed by atoms with Crippen molar-refractivity contribution in [2.75, 3.05) is 7.05 Å². The lowest BCUT2D eigenvalue weighted by molar-refractivity contribution is 0.0574. The van der Waals surface area contributed by atoms with Crippen molar-refractivity contribution < 1.29 is 0 Å². The predicted octanol–water partition coefficient (Wildman–Crippen LogP) is 7.61. The van der Waals surface area contributed by atoms with Crippen LogP contribution in [0.2, 0.25) is 0 Å². The number of nitrogens with two attached hydrogens (primary N) is 1. The minimum absolute atomic E-state index is 0.0370. The van der Waals surface area contributed by atoms with Crippen molar-refractivity contribution in [2.24, 2.45) is 51.1 Å². The number of hydrogen-bond donors (Lipinski definition) is 3. The zero-order valence-electron chi connectivity index (χ0n) is 24.0. The minimum Gasteiger partial charge on any atom is -0.315 e.